The van der Waals surface area contributed by atoms with E-state index in [1.807, 2.05) is 0 Å². The van der Waals surface area contributed by atoms with Gasteiger partial charge >= 0.3 is 11.9 Å². The van der Waals surface area contributed by atoms with Crippen molar-refractivity contribution in [2.24, 2.45) is 17.4 Å². The first kappa shape index (κ1) is 16.3. The van der Waals surface area contributed by atoms with Gasteiger partial charge in [-0.15, -0.1) is 0 Å². The third-order valence-electron chi connectivity index (χ3n) is 1.60. The Labute approximate surface area is 89.3 Å². The summed E-state index contributed by atoms with van der Waals surface area (Å²) in [6, 6.07) is -0.713. The highest BCUT2D eigenvalue weighted by molar-refractivity contribution is 5.73. The summed E-state index contributed by atoms with van der Waals surface area (Å²) in [6.45, 7) is 4.02. The first-order chi connectivity index (χ1) is 6.82. The minimum absolute atomic E-state index is 0.0208. The summed E-state index contributed by atoms with van der Waals surface area (Å²) >= 11 is 0. The van der Waals surface area contributed by atoms with Gasteiger partial charge in [-0.1, -0.05) is 13.8 Å². The fourth-order valence-corrected chi connectivity index (χ4v) is 0.538. The van der Waals surface area contributed by atoms with Crippen molar-refractivity contribution in [1.29, 1.82) is 0 Å². The molecule has 0 radical (unpaired) electrons. The van der Waals surface area contributed by atoms with Crippen molar-refractivity contribution in [3.05, 3.63) is 0 Å². The lowest BCUT2D eigenvalue weighted by atomic mass is 10.1. The molecule has 0 saturated carbocycles. The predicted octanol–water partition coefficient (Wildman–Crippen LogP) is -0.136. The molecule has 0 aliphatic carbocycles. The second-order valence-electron chi connectivity index (χ2n) is 3.39. The minimum atomic E-state index is -0.931. The molecule has 0 aromatic rings. The van der Waals surface area contributed by atoms with Gasteiger partial charge in [-0.25, -0.2) is 0 Å². The number of carboxylic acids is 2. The lowest BCUT2D eigenvalue weighted by Gasteiger charge is -2.07. The van der Waals surface area contributed by atoms with E-state index in [9.17, 15) is 9.59 Å². The monoisotopic (exact) mass is 220 g/mol. The molecular weight excluding hydrogens is 200 g/mol. The van der Waals surface area contributed by atoms with Crippen LogP contribution in [0.1, 0.15) is 26.7 Å². The highest BCUT2D eigenvalue weighted by atomic mass is 16.4. The first-order valence-electron chi connectivity index (χ1n) is 4.73. The van der Waals surface area contributed by atoms with Crippen LogP contribution >= 0.6 is 0 Å². The Morgan fingerprint density at radius 3 is 1.80 bits per heavy atom. The average molecular weight is 220 g/mol. The van der Waals surface area contributed by atoms with Crippen molar-refractivity contribution in [1.82, 2.24) is 0 Å². The van der Waals surface area contributed by atoms with E-state index in [2.05, 4.69) is 0 Å². The molecule has 0 amide bonds. The summed E-state index contributed by atoms with van der Waals surface area (Å²) in [5.74, 6) is -1.68. The summed E-state index contributed by atoms with van der Waals surface area (Å²) in [4.78, 5) is 19.7. The number of carbonyl (C=O) groups is 2. The van der Waals surface area contributed by atoms with Crippen LogP contribution in [0.25, 0.3) is 0 Å². The molecule has 90 valence electrons. The van der Waals surface area contributed by atoms with Crippen molar-refractivity contribution in [3.63, 3.8) is 0 Å². The number of hydrogen-bond acceptors (Lipinski definition) is 4. The fraction of sp³-hybridized carbons (Fsp3) is 0.778. The topological polar surface area (TPSA) is 127 Å². The van der Waals surface area contributed by atoms with Gasteiger partial charge in [0.1, 0.15) is 6.04 Å². The van der Waals surface area contributed by atoms with Crippen LogP contribution < -0.4 is 11.5 Å². The van der Waals surface area contributed by atoms with E-state index in [0.717, 1.165) is 0 Å². The summed E-state index contributed by atoms with van der Waals surface area (Å²) in [7, 11) is 0. The highest BCUT2D eigenvalue weighted by Gasteiger charge is 2.14. The van der Waals surface area contributed by atoms with Crippen molar-refractivity contribution in [2.75, 3.05) is 6.54 Å². The standard InChI is InChI=1S/C5H11NO2.C4H9NO2/c1-3(2)4(6)5(7)8;5-3-1-2-4(6)7/h3-4H,6H2,1-2H3,(H,7,8);1-3,5H2,(H,6,7). The molecular formula is C9H20N2O4. The predicted molar refractivity (Wildman–Crippen MR) is 56.4 cm³/mol. The summed E-state index contributed by atoms with van der Waals surface area (Å²) in [5, 5.41) is 16.2. The molecule has 0 aliphatic heterocycles. The lowest BCUT2D eigenvalue weighted by molar-refractivity contribution is -0.139. The van der Waals surface area contributed by atoms with Gasteiger partial charge in [-0.2, -0.15) is 0 Å². The Balaban J connectivity index is 0. The Hall–Kier alpha value is -1.14. The van der Waals surface area contributed by atoms with E-state index in [4.69, 9.17) is 21.7 Å². The molecule has 0 heterocycles. The van der Waals surface area contributed by atoms with Gasteiger partial charge in [0.2, 0.25) is 0 Å². The van der Waals surface area contributed by atoms with Crippen molar-refractivity contribution in [2.45, 2.75) is 32.7 Å². The van der Waals surface area contributed by atoms with Crippen LogP contribution in [-0.2, 0) is 9.59 Å². The largest absolute Gasteiger partial charge is 0.481 e. The Kier molecular flexibility index (Phi) is 10.2. The van der Waals surface area contributed by atoms with Gasteiger partial charge in [-0.3, -0.25) is 9.59 Å². The molecule has 0 rings (SSSR count). The number of aliphatic carboxylic acids is 2. The fourth-order valence-electron chi connectivity index (χ4n) is 0.538. The van der Waals surface area contributed by atoms with E-state index >= 15 is 0 Å². The Bertz CT molecular complexity index is 195. The Morgan fingerprint density at radius 2 is 1.73 bits per heavy atom. The zero-order chi connectivity index (χ0) is 12.4. The smallest absolute Gasteiger partial charge is 0.320 e. The molecule has 15 heavy (non-hydrogen) atoms. The van der Waals surface area contributed by atoms with E-state index in [1.165, 1.54) is 0 Å². The minimum Gasteiger partial charge on any atom is -0.481 e. The van der Waals surface area contributed by atoms with Gasteiger partial charge in [0.25, 0.3) is 0 Å². The van der Waals surface area contributed by atoms with Crippen molar-refractivity contribution < 1.29 is 19.8 Å². The number of nitrogens with two attached hydrogens (primary N) is 2. The van der Waals surface area contributed by atoms with Crippen molar-refractivity contribution in [3.8, 4) is 0 Å². The van der Waals surface area contributed by atoms with Crippen LogP contribution in [-0.4, -0.2) is 34.7 Å². The summed E-state index contributed by atoms with van der Waals surface area (Å²) in [5.41, 5.74) is 10.2. The second kappa shape index (κ2) is 9.42. The molecule has 6 nitrogen and oxygen atoms in total. The molecule has 0 aromatic carbocycles. The van der Waals surface area contributed by atoms with Crippen LogP contribution in [0.4, 0.5) is 0 Å². The highest BCUT2D eigenvalue weighted by Crippen LogP contribution is 1.96. The molecule has 0 aromatic heterocycles. The van der Waals surface area contributed by atoms with Gasteiger partial charge < -0.3 is 21.7 Å². The van der Waals surface area contributed by atoms with Crippen LogP contribution in [0.2, 0.25) is 0 Å². The van der Waals surface area contributed by atoms with Gasteiger partial charge in [0, 0.05) is 6.42 Å². The van der Waals surface area contributed by atoms with Crippen LogP contribution in [0.15, 0.2) is 0 Å². The van der Waals surface area contributed by atoms with E-state index < -0.39 is 18.0 Å². The lowest BCUT2D eigenvalue weighted by Crippen LogP contribution is -2.34. The van der Waals surface area contributed by atoms with Crippen LogP contribution in [0.5, 0.6) is 0 Å². The maximum atomic E-state index is 10.0. The maximum Gasteiger partial charge on any atom is 0.320 e. The quantitative estimate of drug-likeness (QED) is 0.511. The molecule has 1 atom stereocenters. The SMILES string of the molecule is CC(C)C(N)C(=O)O.NCCCC(=O)O. The van der Waals surface area contributed by atoms with Crippen molar-refractivity contribution >= 4 is 11.9 Å². The zero-order valence-electron chi connectivity index (χ0n) is 9.14. The molecule has 6 N–H and O–H groups in total. The first-order valence-corrected chi connectivity index (χ1v) is 4.73. The summed E-state index contributed by atoms with van der Waals surface area (Å²) < 4.78 is 0. The summed E-state index contributed by atoms with van der Waals surface area (Å²) in [6.07, 6.45) is 0.770. The molecule has 0 spiro atoms. The second-order valence-corrected chi connectivity index (χ2v) is 3.39. The van der Waals surface area contributed by atoms with Gasteiger partial charge in [0.05, 0.1) is 0 Å². The zero-order valence-corrected chi connectivity index (χ0v) is 9.14. The van der Waals surface area contributed by atoms with E-state index in [1.54, 1.807) is 13.8 Å². The van der Waals surface area contributed by atoms with Gasteiger partial charge in [-0.05, 0) is 18.9 Å². The molecule has 0 aliphatic rings. The molecule has 0 fully saturated rings. The molecule has 1 unspecified atom stereocenters. The maximum absolute atomic E-state index is 10.0. The van der Waals surface area contributed by atoms with Crippen LogP contribution in [0.3, 0.4) is 0 Å². The van der Waals surface area contributed by atoms with Crippen LogP contribution in [0, 0.1) is 5.92 Å². The number of hydrogen-bond donors (Lipinski definition) is 4. The number of carboxylic acid groups (broad SMARTS) is 2. The Morgan fingerprint density at radius 1 is 1.27 bits per heavy atom. The third kappa shape index (κ3) is 12.9. The van der Waals surface area contributed by atoms with E-state index in [0.29, 0.717) is 13.0 Å². The van der Waals surface area contributed by atoms with Gasteiger partial charge in [0.15, 0.2) is 0 Å². The molecule has 0 bridgehead atoms. The third-order valence-corrected chi connectivity index (χ3v) is 1.60. The molecule has 6 heteroatoms. The average Bonchev–Trinajstić information content (AvgIpc) is 2.14. The molecule has 0 saturated heterocycles. The number of rotatable bonds is 5. The van der Waals surface area contributed by atoms with E-state index in [-0.39, 0.29) is 12.3 Å². The normalized spacial score (nSPS) is 11.5.